The van der Waals surface area contributed by atoms with Gasteiger partial charge >= 0.3 is 0 Å². The molecule has 1 aliphatic carbocycles. The maximum atomic E-state index is 12.5. The number of benzene rings is 1. The minimum Gasteiger partial charge on any atom is -0.496 e. The lowest BCUT2D eigenvalue weighted by atomic mass is 10.0. The highest BCUT2D eigenvalue weighted by Gasteiger charge is 2.34. The Morgan fingerprint density at radius 2 is 1.75 bits per heavy atom. The summed E-state index contributed by atoms with van der Waals surface area (Å²) in [7, 11) is 3.97. The van der Waals surface area contributed by atoms with Crippen molar-refractivity contribution in [2.75, 3.05) is 68.5 Å². The molecule has 4 aliphatic rings. The summed E-state index contributed by atoms with van der Waals surface area (Å²) in [6.07, 6.45) is 10.1. The van der Waals surface area contributed by atoms with Crippen molar-refractivity contribution in [3.05, 3.63) is 35.8 Å². The molecule has 9 nitrogen and oxygen atoms in total. The highest BCUT2D eigenvalue weighted by Crippen LogP contribution is 2.36. The smallest absolute Gasteiger partial charge is 0.226 e. The Kier molecular flexibility index (Phi) is 8.12. The van der Waals surface area contributed by atoms with Gasteiger partial charge in [0.05, 0.1) is 13.3 Å². The Labute approximate surface area is 238 Å². The van der Waals surface area contributed by atoms with E-state index < -0.39 is 0 Å². The van der Waals surface area contributed by atoms with Gasteiger partial charge in [-0.2, -0.15) is 0 Å². The van der Waals surface area contributed by atoms with Crippen molar-refractivity contribution in [2.45, 2.75) is 76.4 Å². The number of anilines is 3. The van der Waals surface area contributed by atoms with Gasteiger partial charge in [0.25, 0.3) is 0 Å². The molecule has 3 aliphatic heterocycles. The quantitative estimate of drug-likeness (QED) is 0.586. The topological polar surface area (TPSA) is 77.1 Å². The van der Waals surface area contributed by atoms with Crippen molar-refractivity contribution in [2.24, 2.45) is 0 Å². The number of piperidine rings is 1. The first kappa shape index (κ1) is 27.3. The molecule has 0 radical (unpaired) electrons. The summed E-state index contributed by atoms with van der Waals surface area (Å²) in [4.78, 5) is 32.3. The van der Waals surface area contributed by atoms with E-state index >= 15 is 0 Å². The number of nitrogens with one attached hydrogen (secondary N) is 1. The maximum absolute atomic E-state index is 12.5. The number of fused-ring (bicyclic) bond motifs is 1. The van der Waals surface area contributed by atoms with Crippen LogP contribution >= 0.6 is 0 Å². The molecule has 0 spiro atoms. The number of carbonyl (C=O) groups is 1. The van der Waals surface area contributed by atoms with Gasteiger partial charge in [0.15, 0.2) is 5.82 Å². The van der Waals surface area contributed by atoms with Crippen LogP contribution in [0.5, 0.6) is 5.75 Å². The highest BCUT2D eigenvalue weighted by molar-refractivity contribution is 5.95. The second kappa shape index (κ2) is 11.9. The molecule has 1 aromatic carbocycles. The van der Waals surface area contributed by atoms with E-state index in [1.165, 1.54) is 57.5 Å². The number of nitrogens with zero attached hydrogens (tertiary/aromatic N) is 6. The SMILES string of the molecule is COc1cc(N2CCC(N3CCN(C)CC3)CC2)ccc1Cc1ncc2c(n1)N(C1CCCC1)C(C)CC(=O)N2. The average Bonchev–Trinajstić information content (AvgIpc) is 3.45. The average molecular weight is 548 g/mol. The molecule has 0 bridgehead atoms. The largest absolute Gasteiger partial charge is 0.496 e. The standard InChI is InChI=1S/C31H45N7O2/c1-22-18-30(39)33-27-21-32-29(34-31(27)38(22)25-6-4-5-7-25)19-23-8-9-26(20-28(23)40-3)36-12-10-24(11-13-36)37-16-14-35(2)15-17-37/h8-9,20-22,24-25H,4-7,10-19H2,1-3H3,(H,33,39). The van der Waals surface area contributed by atoms with Crippen molar-refractivity contribution in [3.63, 3.8) is 0 Å². The molecule has 1 unspecified atom stereocenters. The van der Waals surface area contributed by atoms with Crippen LogP contribution in [0.15, 0.2) is 24.4 Å². The third kappa shape index (κ3) is 5.77. The number of carbonyl (C=O) groups excluding carboxylic acids is 1. The predicted octanol–water partition coefficient (Wildman–Crippen LogP) is 3.77. The first-order chi connectivity index (χ1) is 19.5. The summed E-state index contributed by atoms with van der Waals surface area (Å²) in [6.45, 7) is 9.04. The number of aromatic nitrogens is 2. The number of methoxy groups -OCH3 is 1. The lowest BCUT2D eigenvalue weighted by Crippen LogP contribution is -2.52. The van der Waals surface area contributed by atoms with E-state index in [0.717, 1.165) is 54.6 Å². The number of amides is 1. The van der Waals surface area contributed by atoms with Gasteiger partial charge in [0.2, 0.25) is 5.91 Å². The van der Waals surface area contributed by atoms with Crippen LogP contribution in [0.3, 0.4) is 0 Å². The molecule has 1 amide bonds. The summed E-state index contributed by atoms with van der Waals surface area (Å²) in [5.41, 5.74) is 3.04. The molecule has 1 N–H and O–H groups in total. The summed E-state index contributed by atoms with van der Waals surface area (Å²) in [6, 6.07) is 7.83. The zero-order valence-electron chi connectivity index (χ0n) is 24.4. The van der Waals surface area contributed by atoms with Crippen LogP contribution < -0.4 is 19.9 Å². The third-order valence-corrected chi connectivity index (χ3v) is 9.51. The van der Waals surface area contributed by atoms with E-state index in [1.54, 1.807) is 13.3 Å². The first-order valence-corrected chi connectivity index (χ1v) is 15.3. The number of hydrogen-bond acceptors (Lipinski definition) is 8. The van der Waals surface area contributed by atoms with Crippen molar-refractivity contribution in [1.82, 2.24) is 19.8 Å². The van der Waals surface area contributed by atoms with E-state index in [4.69, 9.17) is 9.72 Å². The Morgan fingerprint density at radius 3 is 2.48 bits per heavy atom. The Balaban J connectivity index is 1.16. The normalized spacial score (nSPS) is 23.7. The van der Waals surface area contributed by atoms with Crippen LogP contribution in [0.2, 0.25) is 0 Å². The highest BCUT2D eigenvalue weighted by atomic mass is 16.5. The number of likely N-dealkylation sites (N-methyl/N-ethyl adjacent to an activating group) is 1. The molecule has 216 valence electrons. The van der Waals surface area contributed by atoms with Gasteiger partial charge in [0.1, 0.15) is 17.3 Å². The van der Waals surface area contributed by atoms with Crippen molar-refractivity contribution < 1.29 is 9.53 Å². The Morgan fingerprint density at radius 1 is 1.00 bits per heavy atom. The second-order valence-corrected chi connectivity index (χ2v) is 12.2. The van der Waals surface area contributed by atoms with Crippen LogP contribution in [0, 0.1) is 0 Å². The summed E-state index contributed by atoms with van der Waals surface area (Å²) in [5.74, 6) is 2.54. The van der Waals surface area contributed by atoms with Gasteiger partial charge in [-0.25, -0.2) is 9.97 Å². The molecule has 2 aromatic rings. The van der Waals surface area contributed by atoms with Crippen LogP contribution in [0.25, 0.3) is 0 Å². The number of hydrogen-bond donors (Lipinski definition) is 1. The van der Waals surface area contributed by atoms with Crippen LogP contribution in [0.4, 0.5) is 17.2 Å². The molecule has 6 rings (SSSR count). The molecule has 9 heteroatoms. The van der Waals surface area contributed by atoms with E-state index in [-0.39, 0.29) is 11.9 Å². The predicted molar refractivity (Wildman–Crippen MR) is 160 cm³/mol. The van der Waals surface area contributed by atoms with Crippen molar-refractivity contribution >= 4 is 23.1 Å². The zero-order valence-corrected chi connectivity index (χ0v) is 24.4. The van der Waals surface area contributed by atoms with E-state index in [0.29, 0.717) is 24.9 Å². The third-order valence-electron chi connectivity index (χ3n) is 9.51. The monoisotopic (exact) mass is 547 g/mol. The van der Waals surface area contributed by atoms with Crippen molar-refractivity contribution in [3.8, 4) is 5.75 Å². The van der Waals surface area contributed by atoms with Crippen molar-refractivity contribution in [1.29, 1.82) is 0 Å². The summed E-state index contributed by atoms with van der Waals surface area (Å²) in [5, 5.41) is 3.05. The van der Waals surface area contributed by atoms with Gasteiger partial charge in [-0.15, -0.1) is 0 Å². The minimum absolute atomic E-state index is 0.0374. The minimum atomic E-state index is 0.0374. The molecule has 1 atom stereocenters. The lowest BCUT2D eigenvalue weighted by molar-refractivity contribution is -0.116. The fraction of sp³-hybridized carbons (Fsp3) is 0.645. The second-order valence-electron chi connectivity index (χ2n) is 12.2. The van der Waals surface area contributed by atoms with Crippen LogP contribution in [-0.2, 0) is 11.2 Å². The fourth-order valence-electron chi connectivity index (χ4n) is 7.19. The number of piperazine rings is 1. The Hall–Kier alpha value is -2.91. The van der Waals surface area contributed by atoms with Gasteiger partial charge in [-0.3, -0.25) is 9.69 Å². The van der Waals surface area contributed by atoms with Gasteiger partial charge in [-0.1, -0.05) is 18.9 Å². The molecule has 40 heavy (non-hydrogen) atoms. The molecule has 3 fully saturated rings. The summed E-state index contributed by atoms with van der Waals surface area (Å²) < 4.78 is 5.88. The first-order valence-electron chi connectivity index (χ1n) is 15.3. The van der Waals surface area contributed by atoms with E-state index in [1.807, 2.05) is 0 Å². The molecule has 4 heterocycles. The molecular formula is C31H45N7O2. The molecule has 2 saturated heterocycles. The van der Waals surface area contributed by atoms with Gasteiger partial charge in [-0.05, 0) is 45.7 Å². The van der Waals surface area contributed by atoms with E-state index in [2.05, 4.69) is 62.1 Å². The number of ether oxygens (including phenoxy) is 1. The van der Waals surface area contributed by atoms with Crippen LogP contribution in [0.1, 0.15) is 63.3 Å². The molecule has 1 aromatic heterocycles. The maximum Gasteiger partial charge on any atom is 0.226 e. The van der Waals surface area contributed by atoms with Gasteiger partial charge in [0, 0.05) is 87.6 Å². The van der Waals surface area contributed by atoms with Gasteiger partial charge < -0.3 is 24.8 Å². The molecular weight excluding hydrogens is 502 g/mol. The van der Waals surface area contributed by atoms with Crippen LogP contribution in [-0.4, -0.2) is 97.2 Å². The lowest BCUT2D eigenvalue weighted by Gasteiger charge is -2.42. The number of rotatable bonds is 6. The molecule has 1 saturated carbocycles. The zero-order chi connectivity index (χ0) is 27.6. The Bertz CT molecular complexity index is 1180. The summed E-state index contributed by atoms with van der Waals surface area (Å²) >= 11 is 0. The van der Waals surface area contributed by atoms with E-state index in [9.17, 15) is 4.79 Å². The fourth-order valence-corrected chi connectivity index (χ4v) is 7.19.